The van der Waals surface area contributed by atoms with Gasteiger partial charge in [0.1, 0.15) is 5.60 Å². The van der Waals surface area contributed by atoms with Gasteiger partial charge in [0.25, 0.3) is 0 Å². The van der Waals surface area contributed by atoms with Gasteiger partial charge in [-0.2, -0.15) is 0 Å². The van der Waals surface area contributed by atoms with Crippen molar-refractivity contribution >= 4 is 11.9 Å². The minimum Gasteiger partial charge on any atom is -0.357 e. The van der Waals surface area contributed by atoms with Gasteiger partial charge in [-0.15, -0.1) is 0 Å². The fourth-order valence-corrected chi connectivity index (χ4v) is 2.41. The van der Waals surface area contributed by atoms with Crippen molar-refractivity contribution in [3.8, 4) is 0 Å². The quantitative estimate of drug-likeness (QED) is 0.706. The van der Waals surface area contributed by atoms with Crippen molar-refractivity contribution < 1.29 is 9.53 Å². The summed E-state index contributed by atoms with van der Waals surface area (Å²) in [6, 6.07) is 8.14. The highest BCUT2D eigenvalue weighted by Crippen LogP contribution is 2.39. The van der Waals surface area contributed by atoms with E-state index in [0.29, 0.717) is 0 Å². The first kappa shape index (κ1) is 13.0. The summed E-state index contributed by atoms with van der Waals surface area (Å²) in [4.78, 5) is 12.3. The molecule has 18 heavy (non-hydrogen) atoms. The molecule has 0 bridgehead atoms. The third kappa shape index (κ3) is 2.25. The van der Waals surface area contributed by atoms with E-state index < -0.39 is 11.2 Å². The normalized spacial score (nSPS) is 23.6. The summed E-state index contributed by atoms with van der Waals surface area (Å²) in [5, 5.41) is 0. The number of Topliss-reactive ketones (excluding diaryl/α,β-unsaturated/α-hetero) is 1. The average Bonchev–Trinajstić information content (AvgIpc) is 2.39. The largest absolute Gasteiger partial charge is 0.357 e. The number of benzene rings is 1. The van der Waals surface area contributed by atoms with Gasteiger partial charge >= 0.3 is 0 Å². The Morgan fingerprint density at radius 1 is 1.00 bits per heavy atom. The highest BCUT2D eigenvalue weighted by molar-refractivity contribution is 6.08. The molecule has 1 aromatic carbocycles. The van der Waals surface area contributed by atoms with Gasteiger partial charge in [0, 0.05) is 5.57 Å². The molecule has 0 atom stereocenters. The van der Waals surface area contributed by atoms with Crippen LogP contribution in [0.3, 0.4) is 0 Å². The van der Waals surface area contributed by atoms with Gasteiger partial charge < -0.3 is 4.74 Å². The molecule has 1 fully saturated rings. The predicted octanol–water partition coefficient (Wildman–Crippen LogP) is 3.53. The number of carbonyl (C=O) groups is 1. The second kappa shape index (κ2) is 4.06. The Morgan fingerprint density at radius 3 is 2.00 bits per heavy atom. The van der Waals surface area contributed by atoms with Crippen LogP contribution in [0.2, 0.25) is 0 Å². The number of aryl methyl sites for hydroxylation is 1. The number of hydrogen-bond acceptors (Lipinski definition) is 2. The fourth-order valence-electron chi connectivity index (χ4n) is 2.41. The van der Waals surface area contributed by atoms with E-state index in [4.69, 9.17) is 4.74 Å². The van der Waals surface area contributed by atoms with Gasteiger partial charge in [-0.05, 0) is 46.3 Å². The van der Waals surface area contributed by atoms with E-state index in [1.165, 1.54) is 5.56 Å². The molecule has 1 aliphatic heterocycles. The first-order valence-corrected chi connectivity index (χ1v) is 6.26. The van der Waals surface area contributed by atoms with Gasteiger partial charge in [-0.25, -0.2) is 0 Å². The Labute approximate surface area is 109 Å². The van der Waals surface area contributed by atoms with Crippen molar-refractivity contribution in [3.63, 3.8) is 0 Å². The van der Waals surface area contributed by atoms with Crippen LogP contribution in [-0.4, -0.2) is 17.0 Å². The van der Waals surface area contributed by atoms with E-state index in [1.807, 2.05) is 65.0 Å². The van der Waals surface area contributed by atoms with Crippen LogP contribution in [0.5, 0.6) is 0 Å². The summed E-state index contributed by atoms with van der Waals surface area (Å²) >= 11 is 0. The minimum absolute atomic E-state index is 0.0769. The van der Waals surface area contributed by atoms with E-state index in [-0.39, 0.29) is 5.78 Å². The molecule has 2 nitrogen and oxygen atoms in total. The van der Waals surface area contributed by atoms with Crippen molar-refractivity contribution in [3.05, 3.63) is 41.0 Å². The second-order valence-electron chi connectivity index (χ2n) is 5.92. The van der Waals surface area contributed by atoms with Crippen molar-refractivity contribution in [2.45, 2.75) is 45.8 Å². The van der Waals surface area contributed by atoms with Crippen LogP contribution in [0, 0.1) is 6.92 Å². The fraction of sp³-hybridized carbons (Fsp3) is 0.438. The number of hydrogen-bond donors (Lipinski definition) is 0. The number of ketones is 1. The Kier molecular flexibility index (Phi) is 2.94. The molecule has 0 saturated carbocycles. The molecule has 1 heterocycles. The lowest BCUT2D eigenvalue weighted by atomic mass is 9.91. The third-order valence-corrected chi connectivity index (χ3v) is 3.34. The molecule has 0 aliphatic carbocycles. The summed E-state index contributed by atoms with van der Waals surface area (Å²) in [6.07, 6.45) is 1.94. The topological polar surface area (TPSA) is 26.3 Å². The summed E-state index contributed by atoms with van der Waals surface area (Å²) in [5.74, 6) is 0.0769. The third-order valence-electron chi connectivity index (χ3n) is 3.34. The van der Waals surface area contributed by atoms with Crippen LogP contribution in [0.1, 0.15) is 38.8 Å². The molecular weight excluding hydrogens is 224 g/mol. The molecule has 0 aromatic heterocycles. The van der Waals surface area contributed by atoms with Crippen LogP contribution < -0.4 is 0 Å². The second-order valence-corrected chi connectivity index (χ2v) is 5.92. The molecule has 0 N–H and O–H groups in total. The zero-order chi connectivity index (χ0) is 13.6. The van der Waals surface area contributed by atoms with Crippen molar-refractivity contribution in [1.29, 1.82) is 0 Å². The summed E-state index contributed by atoms with van der Waals surface area (Å²) < 4.78 is 5.84. The van der Waals surface area contributed by atoms with Gasteiger partial charge in [-0.3, -0.25) is 4.79 Å². The van der Waals surface area contributed by atoms with E-state index in [9.17, 15) is 4.79 Å². The molecular formula is C16H20O2. The molecule has 0 amide bonds. The van der Waals surface area contributed by atoms with Crippen molar-refractivity contribution in [2.75, 3.05) is 0 Å². The molecule has 0 unspecified atom stereocenters. The van der Waals surface area contributed by atoms with Crippen LogP contribution in [0.25, 0.3) is 6.08 Å². The highest BCUT2D eigenvalue weighted by Gasteiger charge is 2.49. The summed E-state index contributed by atoms with van der Waals surface area (Å²) in [7, 11) is 0. The molecule has 1 aromatic rings. The van der Waals surface area contributed by atoms with Crippen LogP contribution in [-0.2, 0) is 9.53 Å². The number of ether oxygens (including phenoxy) is 1. The first-order chi connectivity index (χ1) is 8.22. The lowest BCUT2D eigenvalue weighted by Gasteiger charge is -2.22. The Hall–Kier alpha value is -1.41. The lowest BCUT2D eigenvalue weighted by molar-refractivity contribution is -0.132. The molecule has 96 valence electrons. The van der Waals surface area contributed by atoms with E-state index in [0.717, 1.165) is 11.1 Å². The standard InChI is InChI=1S/C16H20O2/c1-11-6-8-12(9-7-11)10-13-14(17)16(4,5)18-15(13,2)3/h6-10H,1-5H3/b13-10-. The molecule has 0 radical (unpaired) electrons. The van der Waals surface area contributed by atoms with Crippen LogP contribution >= 0.6 is 0 Å². The highest BCUT2D eigenvalue weighted by atomic mass is 16.5. The number of carbonyl (C=O) groups excluding carboxylic acids is 1. The molecule has 1 saturated heterocycles. The monoisotopic (exact) mass is 244 g/mol. The summed E-state index contributed by atoms with van der Waals surface area (Å²) in [6.45, 7) is 9.59. The van der Waals surface area contributed by atoms with Gasteiger partial charge in [-0.1, -0.05) is 29.8 Å². The maximum atomic E-state index is 12.3. The van der Waals surface area contributed by atoms with E-state index >= 15 is 0 Å². The minimum atomic E-state index is -0.722. The SMILES string of the molecule is Cc1ccc(/C=C2/C(=O)C(C)(C)OC2(C)C)cc1. The molecule has 2 rings (SSSR count). The maximum absolute atomic E-state index is 12.3. The van der Waals surface area contributed by atoms with E-state index in [1.54, 1.807) is 0 Å². The average molecular weight is 244 g/mol. The molecule has 2 heteroatoms. The summed E-state index contributed by atoms with van der Waals surface area (Å²) in [5.41, 5.74) is 1.76. The van der Waals surface area contributed by atoms with Crippen molar-refractivity contribution in [1.82, 2.24) is 0 Å². The molecule has 1 aliphatic rings. The maximum Gasteiger partial charge on any atom is 0.192 e. The van der Waals surface area contributed by atoms with Gasteiger partial charge in [0.05, 0.1) is 5.60 Å². The number of rotatable bonds is 1. The first-order valence-electron chi connectivity index (χ1n) is 6.26. The Bertz CT molecular complexity index is 504. The smallest absolute Gasteiger partial charge is 0.192 e. The van der Waals surface area contributed by atoms with Crippen LogP contribution in [0.4, 0.5) is 0 Å². The Morgan fingerprint density at radius 2 is 1.56 bits per heavy atom. The zero-order valence-electron chi connectivity index (χ0n) is 11.7. The lowest BCUT2D eigenvalue weighted by Crippen LogP contribution is -2.29. The Balaban J connectivity index is 2.43. The zero-order valence-corrected chi connectivity index (χ0v) is 11.7. The van der Waals surface area contributed by atoms with Gasteiger partial charge in [0.15, 0.2) is 5.78 Å². The van der Waals surface area contributed by atoms with E-state index in [2.05, 4.69) is 0 Å². The van der Waals surface area contributed by atoms with Crippen LogP contribution in [0.15, 0.2) is 29.8 Å². The predicted molar refractivity (Wildman–Crippen MR) is 73.4 cm³/mol. The molecule has 0 spiro atoms. The van der Waals surface area contributed by atoms with Gasteiger partial charge in [0.2, 0.25) is 0 Å². The van der Waals surface area contributed by atoms with Crippen molar-refractivity contribution in [2.24, 2.45) is 0 Å².